The van der Waals surface area contributed by atoms with E-state index in [-0.39, 0.29) is 12.6 Å². The average molecular weight is 222 g/mol. The van der Waals surface area contributed by atoms with Crippen LogP contribution in [0.1, 0.15) is 5.56 Å². The van der Waals surface area contributed by atoms with Crippen molar-refractivity contribution in [1.29, 1.82) is 0 Å². The van der Waals surface area contributed by atoms with E-state index in [9.17, 15) is 5.11 Å². The van der Waals surface area contributed by atoms with Crippen LogP contribution in [0.5, 0.6) is 0 Å². The molecule has 1 unspecified atom stereocenters. The highest BCUT2D eigenvalue weighted by Crippen LogP contribution is 2.23. The topological polar surface area (TPSA) is 58.7 Å². The molecule has 4 nitrogen and oxygen atoms in total. The summed E-state index contributed by atoms with van der Waals surface area (Å²) in [5, 5.41) is 9.33. The number of benzene rings is 1. The van der Waals surface area contributed by atoms with Crippen LogP contribution in [0.25, 0.3) is 0 Å². The van der Waals surface area contributed by atoms with Crippen molar-refractivity contribution in [1.82, 2.24) is 0 Å². The van der Waals surface area contributed by atoms with Crippen molar-refractivity contribution in [3.8, 4) is 0 Å². The third-order valence-electron chi connectivity index (χ3n) is 2.96. The van der Waals surface area contributed by atoms with Gasteiger partial charge in [-0.3, -0.25) is 0 Å². The number of para-hydroxylation sites is 1. The summed E-state index contributed by atoms with van der Waals surface area (Å²) in [4.78, 5) is 2.19. The van der Waals surface area contributed by atoms with Gasteiger partial charge in [0.1, 0.15) is 0 Å². The van der Waals surface area contributed by atoms with Crippen LogP contribution in [0.3, 0.4) is 0 Å². The Hall–Kier alpha value is -1.10. The van der Waals surface area contributed by atoms with Gasteiger partial charge in [-0.25, -0.2) is 0 Å². The molecule has 1 atom stereocenters. The third kappa shape index (κ3) is 2.19. The summed E-state index contributed by atoms with van der Waals surface area (Å²) in [6.45, 7) is 2.72. The Morgan fingerprint density at radius 3 is 3.00 bits per heavy atom. The van der Waals surface area contributed by atoms with Crippen molar-refractivity contribution in [2.45, 2.75) is 12.6 Å². The number of hydrogen-bond acceptors (Lipinski definition) is 4. The molecule has 16 heavy (non-hydrogen) atoms. The normalized spacial score (nSPS) is 21.1. The minimum atomic E-state index is 0.0430. The van der Waals surface area contributed by atoms with Crippen molar-refractivity contribution in [2.24, 2.45) is 5.73 Å². The molecule has 0 saturated carbocycles. The van der Waals surface area contributed by atoms with E-state index < -0.39 is 0 Å². The molecule has 1 aromatic carbocycles. The first-order valence-electron chi connectivity index (χ1n) is 5.60. The Morgan fingerprint density at radius 1 is 1.44 bits per heavy atom. The first-order valence-corrected chi connectivity index (χ1v) is 5.60. The minimum absolute atomic E-state index is 0.0430. The summed E-state index contributed by atoms with van der Waals surface area (Å²) in [5.41, 5.74) is 7.96. The maximum Gasteiger partial charge on any atom is 0.0755 e. The number of hydrogen-bond donors (Lipinski definition) is 2. The van der Waals surface area contributed by atoms with E-state index in [1.165, 1.54) is 0 Å². The first-order chi connectivity index (χ1) is 7.86. The minimum Gasteiger partial charge on any atom is -0.394 e. The Kier molecular flexibility index (Phi) is 3.77. The van der Waals surface area contributed by atoms with E-state index in [0.29, 0.717) is 19.8 Å². The van der Waals surface area contributed by atoms with Crippen LogP contribution in [0.4, 0.5) is 5.69 Å². The highest BCUT2D eigenvalue weighted by atomic mass is 16.5. The molecule has 88 valence electrons. The van der Waals surface area contributed by atoms with E-state index in [4.69, 9.17) is 10.5 Å². The Morgan fingerprint density at radius 2 is 2.25 bits per heavy atom. The van der Waals surface area contributed by atoms with Gasteiger partial charge in [-0.15, -0.1) is 0 Å². The fourth-order valence-electron chi connectivity index (χ4n) is 2.09. The molecule has 0 radical (unpaired) electrons. The highest BCUT2D eigenvalue weighted by molar-refractivity contribution is 5.54. The zero-order valence-corrected chi connectivity index (χ0v) is 9.30. The van der Waals surface area contributed by atoms with Gasteiger partial charge < -0.3 is 20.5 Å². The standard InChI is InChI=1S/C12H18N2O2/c13-7-10-3-1-2-4-12(10)14-5-6-16-9-11(14)8-15/h1-4,11,15H,5-9,13H2. The van der Waals surface area contributed by atoms with Gasteiger partial charge in [-0.1, -0.05) is 18.2 Å². The van der Waals surface area contributed by atoms with Crippen molar-refractivity contribution in [3.63, 3.8) is 0 Å². The van der Waals surface area contributed by atoms with E-state index >= 15 is 0 Å². The number of nitrogens with two attached hydrogens (primary N) is 1. The zero-order chi connectivity index (χ0) is 11.4. The molecule has 0 aliphatic carbocycles. The Balaban J connectivity index is 2.26. The van der Waals surface area contributed by atoms with E-state index in [2.05, 4.69) is 11.0 Å². The largest absolute Gasteiger partial charge is 0.394 e. The van der Waals surface area contributed by atoms with Crippen LogP contribution in [0, 0.1) is 0 Å². The summed E-state index contributed by atoms with van der Waals surface area (Å²) < 4.78 is 5.37. The average Bonchev–Trinajstić information content (AvgIpc) is 2.38. The van der Waals surface area contributed by atoms with Crippen LogP contribution >= 0.6 is 0 Å². The Bertz CT molecular complexity index is 344. The summed E-state index contributed by atoms with van der Waals surface area (Å²) in [6.07, 6.45) is 0. The summed E-state index contributed by atoms with van der Waals surface area (Å²) >= 11 is 0. The maximum atomic E-state index is 9.33. The molecule has 4 heteroatoms. The molecule has 1 fully saturated rings. The lowest BCUT2D eigenvalue weighted by Crippen LogP contribution is -2.48. The molecule has 0 aromatic heterocycles. The fourth-order valence-corrected chi connectivity index (χ4v) is 2.09. The molecular weight excluding hydrogens is 204 g/mol. The lowest BCUT2D eigenvalue weighted by atomic mass is 10.1. The fraction of sp³-hybridized carbons (Fsp3) is 0.500. The number of morpholine rings is 1. The number of rotatable bonds is 3. The number of aliphatic hydroxyl groups excluding tert-OH is 1. The van der Waals surface area contributed by atoms with Gasteiger partial charge >= 0.3 is 0 Å². The predicted molar refractivity (Wildman–Crippen MR) is 63.4 cm³/mol. The molecule has 2 rings (SSSR count). The summed E-state index contributed by atoms with van der Waals surface area (Å²) in [6, 6.07) is 8.11. The second-order valence-corrected chi connectivity index (χ2v) is 3.94. The third-order valence-corrected chi connectivity index (χ3v) is 2.96. The molecule has 3 N–H and O–H groups in total. The van der Waals surface area contributed by atoms with Crippen LogP contribution < -0.4 is 10.6 Å². The second-order valence-electron chi connectivity index (χ2n) is 3.94. The molecule has 0 bridgehead atoms. The van der Waals surface area contributed by atoms with Crippen molar-refractivity contribution >= 4 is 5.69 Å². The van der Waals surface area contributed by atoms with Crippen molar-refractivity contribution < 1.29 is 9.84 Å². The van der Waals surface area contributed by atoms with Crippen molar-refractivity contribution in [2.75, 3.05) is 31.3 Å². The van der Waals surface area contributed by atoms with Crippen molar-refractivity contribution in [3.05, 3.63) is 29.8 Å². The predicted octanol–water partition coefficient (Wildman–Crippen LogP) is 0.343. The quantitative estimate of drug-likeness (QED) is 0.774. The lowest BCUT2D eigenvalue weighted by Gasteiger charge is -2.37. The lowest BCUT2D eigenvalue weighted by molar-refractivity contribution is 0.0726. The SMILES string of the molecule is NCc1ccccc1N1CCOCC1CO. The number of ether oxygens (including phenoxy) is 1. The van der Waals surface area contributed by atoms with E-state index in [0.717, 1.165) is 17.8 Å². The van der Waals surface area contributed by atoms with Crippen LogP contribution in [-0.2, 0) is 11.3 Å². The van der Waals surface area contributed by atoms with E-state index in [1.54, 1.807) is 0 Å². The van der Waals surface area contributed by atoms with Gasteiger partial charge in [0.05, 0.1) is 25.9 Å². The van der Waals surface area contributed by atoms with Gasteiger partial charge in [-0.05, 0) is 11.6 Å². The molecule has 0 spiro atoms. The maximum absolute atomic E-state index is 9.33. The van der Waals surface area contributed by atoms with Crippen LogP contribution in [0.15, 0.2) is 24.3 Å². The number of nitrogens with zero attached hydrogens (tertiary/aromatic N) is 1. The van der Waals surface area contributed by atoms with Gasteiger partial charge in [0.15, 0.2) is 0 Å². The van der Waals surface area contributed by atoms with Crippen LogP contribution in [0.2, 0.25) is 0 Å². The molecular formula is C12H18N2O2. The van der Waals surface area contributed by atoms with Gasteiger partial charge in [-0.2, -0.15) is 0 Å². The number of aliphatic hydroxyl groups is 1. The number of anilines is 1. The molecule has 1 aliphatic rings. The van der Waals surface area contributed by atoms with Gasteiger partial charge in [0.25, 0.3) is 0 Å². The highest BCUT2D eigenvalue weighted by Gasteiger charge is 2.23. The molecule has 0 amide bonds. The van der Waals surface area contributed by atoms with Gasteiger partial charge in [0.2, 0.25) is 0 Å². The summed E-state index contributed by atoms with van der Waals surface area (Å²) in [5.74, 6) is 0. The van der Waals surface area contributed by atoms with Crippen LogP contribution in [-0.4, -0.2) is 37.5 Å². The molecule has 1 saturated heterocycles. The monoisotopic (exact) mass is 222 g/mol. The molecule has 1 aromatic rings. The van der Waals surface area contributed by atoms with E-state index in [1.807, 2.05) is 18.2 Å². The Labute approximate surface area is 95.6 Å². The summed E-state index contributed by atoms with van der Waals surface area (Å²) in [7, 11) is 0. The first kappa shape index (κ1) is 11.4. The van der Waals surface area contributed by atoms with Gasteiger partial charge in [0, 0.05) is 18.8 Å². The second kappa shape index (κ2) is 5.30. The smallest absolute Gasteiger partial charge is 0.0755 e. The zero-order valence-electron chi connectivity index (χ0n) is 9.30. The molecule has 1 aliphatic heterocycles. The molecule has 1 heterocycles.